The first-order chi connectivity index (χ1) is 15.5. The monoisotopic (exact) mass is 450 g/mol. The van der Waals surface area contributed by atoms with Crippen molar-refractivity contribution in [1.82, 2.24) is 10.6 Å². The van der Waals surface area contributed by atoms with Gasteiger partial charge in [0.1, 0.15) is 12.6 Å². The number of ether oxygens (including phenoxy) is 2. The average molecular weight is 451 g/mol. The van der Waals surface area contributed by atoms with E-state index in [1.165, 1.54) is 0 Å². The fourth-order valence-corrected chi connectivity index (χ4v) is 2.84. The minimum Gasteiger partial charge on any atom is -0.385 e. The Morgan fingerprint density at radius 1 is 0.938 bits per heavy atom. The normalized spacial score (nSPS) is 11.6. The van der Waals surface area contributed by atoms with Crippen LogP contribution in [0.5, 0.6) is 0 Å². The van der Waals surface area contributed by atoms with Gasteiger partial charge in [0.2, 0.25) is 11.8 Å². The van der Waals surface area contributed by atoms with Crippen LogP contribution in [0.15, 0.2) is 24.3 Å². The second-order valence-corrected chi connectivity index (χ2v) is 7.44. The minimum atomic E-state index is -0.763. The summed E-state index contributed by atoms with van der Waals surface area (Å²) in [7, 11) is 0. The third-order valence-electron chi connectivity index (χ3n) is 4.56. The summed E-state index contributed by atoms with van der Waals surface area (Å²) in [6.07, 6.45) is 3.64. The van der Waals surface area contributed by atoms with E-state index in [9.17, 15) is 14.4 Å². The first kappa shape index (κ1) is 27.4. The van der Waals surface area contributed by atoms with E-state index in [0.717, 1.165) is 25.1 Å². The number of carbonyl (C=O) groups excluding carboxylic acids is 3. The molecule has 0 saturated heterocycles. The van der Waals surface area contributed by atoms with Gasteiger partial charge >= 0.3 is 0 Å². The Balaban J connectivity index is 2.23. The molecule has 9 nitrogen and oxygen atoms in total. The third-order valence-corrected chi connectivity index (χ3v) is 4.56. The summed E-state index contributed by atoms with van der Waals surface area (Å²) in [4.78, 5) is 35.7. The van der Waals surface area contributed by atoms with Crippen molar-refractivity contribution in [2.45, 2.75) is 52.0 Å². The number of nitrogens with two attached hydrogens (primary N) is 1. The highest BCUT2D eigenvalue weighted by molar-refractivity contribution is 5.94. The first-order valence-corrected chi connectivity index (χ1v) is 11.3. The predicted octanol–water partition coefficient (Wildman–Crippen LogP) is 1.82. The fraction of sp³-hybridized carbons (Fsp3) is 0.609. The molecule has 0 aliphatic rings. The number of carbonyl (C=O) groups is 3. The van der Waals surface area contributed by atoms with E-state index in [2.05, 4.69) is 22.9 Å². The van der Waals surface area contributed by atoms with Crippen LogP contribution in [0.4, 0.5) is 5.69 Å². The molecule has 0 aliphatic heterocycles. The fourth-order valence-electron chi connectivity index (χ4n) is 2.84. The summed E-state index contributed by atoms with van der Waals surface area (Å²) in [6.45, 7) is 6.70. The number of anilines is 1. The van der Waals surface area contributed by atoms with Crippen LogP contribution in [0, 0.1) is 0 Å². The Morgan fingerprint density at radius 2 is 1.66 bits per heavy atom. The molecule has 1 aromatic rings. The quantitative estimate of drug-likeness (QED) is 0.252. The molecule has 0 fully saturated rings. The number of unbranched alkanes of at least 4 members (excludes halogenated alkanes) is 1. The van der Waals surface area contributed by atoms with Gasteiger partial charge in [-0.3, -0.25) is 14.4 Å². The van der Waals surface area contributed by atoms with Crippen LogP contribution in [-0.4, -0.2) is 63.3 Å². The second kappa shape index (κ2) is 17.0. The molecule has 0 aliphatic carbocycles. The van der Waals surface area contributed by atoms with Crippen LogP contribution in [0.25, 0.3) is 0 Å². The lowest BCUT2D eigenvalue weighted by Gasteiger charge is -2.15. The number of primary amides is 1. The standard InChI is InChI=1S/C23H38N4O5/c1-3-12-25-19-10-8-18(9-11-19)23(30)26-13-6-5-7-20(22(24)29)27-21(28)17-32-16-15-31-14-4-2/h8-11,20,25H,3-7,12-17H2,1-2H3,(H2,24,29)(H,26,30)(H,27,28)/t20-/m0/s1. The SMILES string of the molecule is CCCNc1ccc(C(=O)NCCCC[C@H](NC(=O)COCCOCCC)C(N)=O)cc1. The van der Waals surface area contributed by atoms with Gasteiger partial charge in [-0.2, -0.15) is 0 Å². The molecular formula is C23H38N4O5. The van der Waals surface area contributed by atoms with E-state index in [1.54, 1.807) is 12.1 Å². The number of hydrogen-bond donors (Lipinski definition) is 4. The van der Waals surface area contributed by atoms with Crippen molar-refractivity contribution in [2.24, 2.45) is 5.73 Å². The van der Waals surface area contributed by atoms with Gasteiger partial charge in [-0.05, 0) is 56.4 Å². The molecule has 0 aromatic heterocycles. The Bertz CT molecular complexity index is 681. The number of hydrogen-bond acceptors (Lipinski definition) is 6. The summed E-state index contributed by atoms with van der Waals surface area (Å²) < 4.78 is 10.5. The highest BCUT2D eigenvalue weighted by atomic mass is 16.5. The van der Waals surface area contributed by atoms with Gasteiger partial charge in [0.05, 0.1) is 13.2 Å². The molecule has 3 amide bonds. The maximum absolute atomic E-state index is 12.2. The zero-order valence-electron chi connectivity index (χ0n) is 19.3. The summed E-state index contributed by atoms with van der Waals surface area (Å²) >= 11 is 0. The van der Waals surface area contributed by atoms with Crippen molar-refractivity contribution in [3.05, 3.63) is 29.8 Å². The molecule has 9 heteroatoms. The van der Waals surface area contributed by atoms with Crippen LogP contribution in [0.1, 0.15) is 56.3 Å². The van der Waals surface area contributed by atoms with E-state index in [1.807, 2.05) is 19.1 Å². The lowest BCUT2D eigenvalue weighted by Crippen LogP contribution is -2.45. The maximum atomic E-state index is 12.2. The zero-order chi connectivity index (χ0) is 23.6. The van der Waals surface area contributed by atoms with Gasteiger partial charge in [0, 0.05) is 30.9 Å². The van der Waals surface area contributed by atoms with E-state index in [0.29, 0.717) is 51.2 Å². The van der Waals surface area contributed by atoms with Gasteiger partial charge in [0.15, 0.2) is 0 Å². The molecule has 1 rings (SSSR count). The molecule has 5 N–H and O–H groups in total. The number of benzene rings is 1. The largest absolute Gasteiger partial charge is 0.385 e. The van der Waals surface area contributed by atoms with Gasteiger partial charge in [-0.15, -0.1) is 0 Å². The lowest BCUT2D eigenvalue weighted by molar-refractivity contribution is -0.130. The average Bonchev–Trinajstić information content (AvgIpc) is 2.79. The zero-order valence-corrected chi connectivity index (χ0v) is 19.3. The lowest BCUT2D eigenvalue weighted by atomic mass is 10.1. The van der Waals surface area contributed by atoms with Crippen molar-refractivity contribution in [3.8, 4) is 0 Å². The predicted molar refractivity (Wildman–Crippen MR) is 124 cm³/mol. The summed E-state index contributed by atoms with van der Waals surface area (Å²) in [5.41, 5.74) is 6.96. The van der Waals surface area contributed by atoms with Crippen molar-refractivity contribution >= 4 is 23.4 Å². The molecule has 0 saturated carbocycles. The van der Waals surface area contributed by atoms with Crippen molar-refractivity contribution < 1.29 is 23.9 Å². The van der Waals surface area contributed by atoms with Crippen molar-refractivity contribution in [3.63, 3.8) is 0 Å². The Kier molecular flexibility index (Phi) is 14.5. The van der Waals surface area contributed by atoms with Gasteiger partial charge in [-0.25, -0.2) is 0 Å². The van der Waals surface area contributed by atoms with Crippen LogP contribution >= 0.6 is 0 Å². The van der Waals surface area contributed by atoms with E-state index in [4.69, 9.17) is 15.2 Å². The van der Waals surface area contributed by atoms with Gasteiger partial charge in [-0.1, -0.05) is 13.8 Å². The number of amides is 3. The molecule has 0 radical (unpaired) electrons. The van der Waals surface area contributed by atoms with Gasteiger partial charge in [0.25, 0.3) is 5.91 Å². The van der Waals surface area contributed by atoms with Gasteiger partial charge < -0.3 is 31.2 Å². The Hall–Kier alpha value is -2.65. The molecular weight excluding hydrogens is 412 g/mol. The Morgan fingerprint density at radius 3 is 2.31 bits per heavy atom. The molecule has 0 spiro atoms. The molecule has 32 heavy (non-hydrogen) atoms. The van der Waals surface area contributed by atoms with E-state index < -0.39 is 17.9 Å². The first-order valence-electron chi connectivity index (χ1n) is 11.3. The smallest absolute Gasteiger partial charge is 0.251 e. The summed E-state index contributed by atoms with van der Waals surface area (Å²) in [6, 6.07) is 6.56. The van der Waals surface area contributed by atoms with E-state index in [-0.39, 0.29) is 12.5 Å². The summed E-state index contributed by atoms with van der Waals surface area (Å²) in [5.74, 6) is -1.13. The highest BCUT2D eigenvalue weighted by Gasteiger charge is 2.17. The maximum Gasteiger partial charge on any atom is 0.251 e. The van der Waals surface area contributed by atoms with Crippen LogP contribution in [0.2, 0.25) is 0 Å². The third kappa shape index (κ3) is 12.3. The number of rotatable bonds is 18. The summed E-state index contributed by atoms with van der Waals surface area (Å²) in [5, 5.41) is 8.71. The minimum absolute atomic E-state index is 0.146. The molecule has 0 unspecified atom stereocenters. The highest BCUT2D eigenvalue weighted by Crippen LogP contribution is 2.09. The molecule has 1 aromatic carbocycles. The topological polar surface area (TPSA) is 132 Å². The van der Waals surface area contributed by atoms with E-state index >= 15 is 0 Å². The second-order valence-electron chi connectivity index (χ2n) is 7.44. The van der Waals surface area contributed by atoms with Crippen LogP contribution in [-0.2, 0) is 19.1 Å². The van der Waals surface area contributed by atoms with Crippen molar-refractivity contribution in [2.75, 3.05) is 44.8 Å². The molecule has 1 atom stereocenters. The molecule has 0 heterocycles. The van der Waals surface area contributed by atoms with Crippen molar-refractivity contribution in [1.29, 1.82) is 0 Å². The molecule has 180 valence electrons. The Labute approximate surface area is 190 Å². The molecule has 0 bridgehead atoms. The number of nitrogens with one attached hydrogen (secondary N) is 3. The van der Waals surface area contributed by atoms with Crippen LogP contribution in [0.3, 0.4) is 0 Å². The van der Waals surface area contributed by atoms with Crippen LogP contribution < -0.4 is 21.7 Å².